The van der Waals surface area contributed by atoms with E-state index < -0.39 is 5.97 Å². The second-order valence-corrected chi connectivity index (χ2v) is 5.76. The Hall–Kier alpha value is -2.56. The molecule has 0 aromatic heterocycles. The van der Waals surface area contributed by atoms with Crippen molar-refractivity contribution < 1.29 is 24.2 Å². The summed E-state index contributed by atoms with van der Waals surface area (Å²) in [7, 11) is 0. The molecule has 0 atom stereocenters. The van der Waals surface area contributed by atoms with Crippen molar-refractivity contribution in [3.05, 3.63) is 55.3 Å². The van der Waals surface area contributed by atoms with E-state index in [1.165, 1.54) is 18.9 Å². The smallest absolute Gasteiger partial charge is 0.371 e. The molecular formula is C20H28O5. The van der Waals surface area contributed by atoms with Gasteiger partial charge in [0.1, 0.15) is 5.75 Å². The standard InChI is InChI=1S/C11H20O2.C9H8O3/c1-4-11(12)13-9-7-5-6-8-10(2)3;1-7(9(10)11)12-8-5-3-2-4-6-8/h4,10H,1,5-9H2,2-3H3;2-6H,1H2,(H,10,11). The van der Waals surface area contributed by atoms with E-state index in [0.717, 1.165) is 18.8 Å². The van der Waals surface area contributed by atoms with Crippen LogP contribution in [0.4, 0.5) is 0 Å². The van der Waals surface area contributed by atoms with Gasteiger partial charge in [-0.2, -0.15) is 0 Å². The first kappa shape index (κ1) is 22.4. The van der Waals surface area contributed by atoms with Crippen molar-refractivity contribution in [3.63, 3.8) is 0 Å². The maximum Gasteiger partial charge on any atom is 0.371 e. The number of esters is 1. The largest absolute Gasteiger partial charge is 0.475 e. The van der Waals surface area contributed by atoms with Gasteiger partial charge in [0.15, 0.2) is 0 Å². The van der Waals surface area contributed by atoms with Crippen LogP contribution in [0.3, 0.4) is 0 Å². The number of hydrogen-bond donors (Lipinski definition) is 1. The fourth-order valence-corrected chi connectivity index (χ4v) is 1.74. The van der Waals surface area contributed by atoms with E-state index >= 15 is 0 Å². The van der Waals surface area contributed by atoms with Gasteiger partial charge in [-0.05, 0) is 31.1 Å². The molecule has 138 valence electrons. The highest BCUT2D eigenvalue weighted by Crippen LogP contribution is 2.11. The Morgan fingerprint density at radius 1 is 1.16 bits per heavy atom. The van der Waals surface area contributed by atoms with E-state index in [4.69, 9.17) is 14.6 Å². The third kappa shape index (κ3) is 13.6. The molecule has 0 aliphatic carbocycles. The summed E-state index contributed by atoms with van der Waals surface area (Å²) in [6.45, 7) is 11.5. The highest BCUT2D eigenvalue weighted by molar-refractivity contribution is 5.84. The molecule has 0 heterocycles. The number of benzene rings is 1. The second kappa shape index (κ2) is 13.8. The monoisotopic (exact) mass is 348 g/mol. The maximum atomic E-state index is 10.6. The molecular weight excluding hydrogens is 320 g/mol. The lowest BCUT2D eigenvalue weighted by Crippen LogP contribution is -2.05. The van der Waals surface area contributed by atoms with Gasteiger partial charge in [0, 0.05) is 6.08 Å². The van der Waals surface area contributed by atoms with Gasteiger partial charge in [0.25, 0.3) is 0 Å². The minimum Gasteiger partial charge on any atom is -0.475 e. The molecule has 1 rings (SSSR count). The van der Waals surface area contributed by atoms with Gasteiger partial charge in [0.2, 0.25) is 5.76 Å². The third-order valence-corrected chi connectivity index (χ3v) is 3.06. The molecule has 0 saturated heterocycles. The summed E-state index contributed by atoms with van der Waals surface area (Å²) in [6, 6.07) is 8.65. The average Bonchev–Trinajstić information content (AvgIpc) is 2.58. The number of carbonyl (C=O) groups excluding carboxylic acids is 1. The van der Waals surface area contributed by atoms with Crippen molar-refractivity contribution >= 4 is 11.9 Å². The lowest BCUT2D eigenvalue weighted by Gasteiger charge is -2.04. The van der Waals surface area contributed by atoms with Crippen molar-refractivity contribution in [2.45, 2.75) is 39.5 Å². The molecule has 0 aliphatic heterocycles. The Morgan fingerprint density at radius 2 is 1.80 bits per heavy atom. The molecule has 0 saturated carbocycles. The van der Waals surface area contributed by atoms with Crippen molar-refractivity contribution in [3.8, 4) is 5.75 Å². The summed E-state index contributed by atoms with van der Waals surface area (Å²) in [5.41, 5.74) is 0. The van der Waals surface area contributed by atoms with Gasteiger partial charge in [-0.15, -0.1) is 0 Å². The van der Waals surface area contributed by atoms with Gasteiger partial charge in [0.05, 0.1) is 6.61 Å². The molecule has 1 N–H and O–H groups in total. The highest BCUT2D eigenvalue weighted by Gasteiger charge is 2.04. The van der Waals surface area contributed by atoms with Gasteiger partial charge in [-0.3, -0.25) is 0 Å². The Kier molecular flexibility index (Phi) is 12.4. The first-order valence-corrected chi connectivity index (χ1v) is 8.31. The van der Waals surface area contributed by atoms with Crippen molar-refractivity contribution in [1.29, 1.82) is 0 Å². The van der Waals surface area contributed by atoms with Gasteiger partial charge in [-0.1, -0.05) is 57.9 Å². The van der Waals surface area contributed by atoms with E-state index in [2.05, 4.69) is 27.0 Å². The SMILES string of the molecule is C=C(Oc1ccccc1)C(=O)O.C=CC(=O)OCCCCCC(C)C. The lowest BCUT2D eigenvalue weighted by atomic mass is 10.1. The first-order chi connectivity index (χ1) is 11.9. The lowest BCUT2D eigenvalue weighted by molar-refractivity contribution is -0.138. The van der Waals surface area contributed by atoms with E-state index in [0.29, 0.717) is 12.4 Å². The number of ether oxygens (including phenoxy) is 2. The predicted molar refractivity (Wildman–Crippen MR) is 98.3 cm³/mol. The number of aliphatic carboxylic acids is 1. The molecule has 1 aromatic carbocycles. The van der Waals surface area contributed by atoms with Gasteiger partial charge >= 0.3 is 11.9 Å². The Bertz CT molecular complexity index is 534. The molecule has 1 aromatic rings. The zero-order chi connectivity index (χ0) is 19.1. The Morgan fingerprint density at radius 3 is 2.32 bits per heavy atom. The second-order valence-electron chi connectivity index (χ2n) is 5.76. The topological polar surface area (TPSA) is 72.8 Å². The van der Waals surface area contributed by atoms with E-state index in [-0.39, 0.29) is 11.7 Å². The fraction of sp³-hybridized carbons (Fsp3) is 0.400. The van der Waals surface area contributed by atoms with Crippen LogP contribution < -0.4 is 4.74 Å². The van der Waals surface area contributed by atoms with Gasteiger partial charge in [-0.25, -0.2) is 9.59 Å². The predicted octanol–water partition coefficient (Wildman–Crippen LogP) is 4.60. The molecule has 0 aliphatic rings. The number of unbranched alkanes of at least 4 members (excludes halogenated alkanes) is 2. The highest BCUT2D eigenvalue weighted by atomic mass is 16.5. The van der Waals surface area contributed by atoms with Crippen molar-refractivity contribution in [2.75, 3.05) is 6.61 Å². The van der Waals surface area contributed by atoms with Gasteiger partial charge < -0.3 is 14.6 Å². The number of hydrogen-bond acceptors (Lipinski definition) is 4. The number of carboxylic acids is 1. The summed E-state index contributed by atoms with van der Waals surface area (Å²) in [4.78, 5) is 20.9. The maximum absolute atomic E-state index is 10.6. The molecule has 25 heavy (non-hydrogen) atoms. The minimum absolute atomic E-state index is 0.277. The molecule has 0 radical (unpaired) electrons. The van der Waals surface area contributed by atoms with Crippen LogP contribution in [0.5, 0.6) is 5.75 Å². The van der Waals surface area contributed by atoms with Crippen LogP contribution in [-0.4, -0.2) is 23.7 Å². The average molecular weight is 348 g/mol. The molecule has 5 heteroatoms. The van der Waals surface area contributed by atoms with Crippen molar-refractivity contribution in [2.24, 2.45) is 5.92 Å². The molecule has 0 spiro atoms. The minimum atomic E-state index is -1.15. The Balaban J connectivity index is 0.000000462. The third-order valence-electron chi connectivity index (χ3n) is 3.06. The summed E-state index contributed by atoms with van der Waals surface area (Å²) in [6.07, 6.45) is 5.79. The quantitative estimate of drug-likeness (QED) is 0.290. The van der Waals surface area contributed by atoms with E-state index in [9.17, 15) is 9.59 Å². The summed E-state index contributed by atoms with van der Waals surface area (Å²) in [5, 5.41) is 8.42. The van der Waals surface area contributed by atoms with Crippen LogP contribution in [0.15, 0.2) is 55.3 Å². The summed E-state index contributed by atoms with van der Waals surface area (Å²) >= 11 is 0. The normalized spacial score (nSPS) is 9.56. The van der Waals surface area contributed by atoms with Crippen LogP contribution in [0, 0.1) is 5.92 Å². The zero-order valence-corrected chi connectivity index (χ0v) is 15.1. The zero-order valence-electron chi connectivity index (χ0n) is 15.1. The van der Waals surface area contributed by atoms with Crippen LogP contribution in [0.25, 0.3) is 0 Å². The number of para-hydroxylation sites is 1. The van der Waals surface area contributed by atoms with Crippen LogP contribution in [0.1, 0.15) is 39.5 Å². The molecule has 0 unspecified atom stereocenters. The molecule has 5 nitrogen and oxygen atoms in total. The van der Waals surface area contributed by atoms with E-state index in [1.54, 1.807) is 24.3 Å². The summed E-state index contributed by atoms with van der Waals surface area (Å²) in [5.74, 6) is -0.496. The van der Waals surface area contributed by atoms with E-state index in [1.807, 2.05) is 6.07 Å². The number of carboxylic acid groups (broad SMARTS) is 1. The molecule has 0 fully saturated rings. The Labute approximate surface area is 150 Å². The fourth-order valence-electron chi connectivity index (χ4n) is 1.74. The number of carbonyl (C=O) groups is 2. The number of rotatable bonds is 10. The molecule has 0 bridgehead atoms. The van der Waals surface area contributed by atoms with Crippen LogP contribution >= 0.6 is 0 Å². The van der Waals surface area contributed by atoms with Crippen LogP contribution in [0.2, 0.25) is 0 Å². The van der Waals surface area contributed by atoms with Crippen LogP contribution in [-0.2, 0) is 14.3 Å². The molecule has 0 amide bonds. The first-order valence-electron chi connectivity index (χ1n) is 8.31. The van der Waals surface area contributed by atoms with Crippen molar-refractivity contribution in [1.82, 2.24) is 0 Å². The summed E-state index contributed by atoms with van der Waals surface area (Å²) < 4.78 is 9.72.